The van der Waals surface area contributed by atoms with Crippen molar-refractivity contribution in [3.05, 3.63) is 106 Å². The second kappa shape index (κ2) is 5.93. The van der Waals surface area contributed by atoms with Gasteiger partial charge in [-0.05, 0) is 41.5 Å². The molecular formula is C18H13F2NO. The zero-order valence-electron chi connectivity index (χ0n) is 11.6. The smallest absolute Gasteiger partial charge is 0.251 e. The predicted octanol–water partition coefficient (Wildman–Crippen LogP) is 3.76. The Balaban J connectivity index is 2.18. The van der Waals surface area contributed by atoms with E-state index in [1.807, 2.05) is 0 Å². The van der Waals surface area contributed by atoms with Gasteiger partial charge in [-0.15, -0.1) is 0 Å². The van der Waals surface area contributed by atoms with Gasteiger partial charge in [0, 0.05) is 12.3 Å². The number of aromatic nitrogens is 1. The van der Waals surface area contributed by atoms with Gasteiger partial charge in [0.2, 0.25) is 0 Å². The first-order valence-corrected chi connectivity index (χ1v) is 6.83. The first-order chi connectivity index (χ1) is 10.6. The monoisotopic (exact) mass is 297 g/mol. The molecule has 0 N–H and O–H groups in total. The summed E-state index contributed by atoms with van der Waals surface area (Å²) in [5.74, 6) is -0.691. The van der Waals surface area contributed by atoms with Gasteiger partial charge in [-0.2, -0.15) is 0 Å². The van der Waals surface area contributed by atoms with E-state index < -0.39 is 6.04 Å². The van der Waals surface area contributed by atoms with Gasteiger partial charge < -0.3 is 4.57 Å². The molecule has 3 rings (SSSR count). The number of pyridine rings is 1. The Morgan fingerprint density at radius 3 is 1.68 bits per heavy atom. The van der Waals surface area contributed by atoms with Crippen LogP contribution < -0.4 is 5.56 Å². The largest absolute Gasteiger partial charge is 0.304 e. The van der Waals surface area contributed by atoms with E-state index >= 15 is 0 Å². The topological polar surface area (TPSA) is 22.0 Å². The van der Waals surface area contributed by atoms with Crippen LogP contribution in [0.5, 0.6) is 0 Å². The average molecular weight is 297 g/mol. The highest BCUT2D eigenvalue weighted by molar-refractivity contribution is 5.33. The highest BCUT2D eigenvalue weighted by Crippen LogP contribution is 2.25. The molecule has 22 heavy (non-hydrogen) atoms. The van der Waals surface area contributed by atoms with Crippen molar-refractivity contribution in [1.29, 1.82) is 0 Å². The summed E-state index contributed by atoms with van der Waals surface area (Å²) in [6.07, 6.45) is 1.67. The Kier molecular flexibility index (Phi) is 3.83. The van der Waals surface area contributed by atoms with Crippen LogP contribution in [0.15, 0.2) is 77.7 Å². The molecular weight excluding hydrogens is 284 g/mol. The van der Waals surface area contributed by atoms with Gasteiger partial charge in [-0.1, -0.05) is 30.3 Å². The lowest BCUT2D eigenvalue weighted by Crippen LogP contribution is -2.24. The number of nitrogens with zero attached hydrogens (tertiary/aromatic N) is 1. The molecule has 110 valence electrons. The van der Waals surface area contributed by atoms with E-state index in [0.29, 0.717) is 0 Å². The molecule has 3 aromatic rings. The zero-order chi connectivity index (χ0) is 15.5. The first-order valence-electron chi connectivity index (χ1n) is 6.83. The Labute approximate surface area is 126 Å². The third kappa shape index (κ3) is 2.81. The molecule has 0 spiro atoms. The number of halogens is 2. The third-order valence-corrected chi connectivity index (χ3v) is 3.50. The summed E-state index contributed by atoms with van der Waals surface area (Å²) in [6.45, 7) is 0. The highest BCUT2D eigenvalue weighted by Gasteiger charge is 2.17. The van der Waals surface area contributed by atoms with E-state index in [4.69, 9.17) is 0 Å². The van der Waals surface area contributed by atoms with E-state index in [-0.39, 0.29) is 17.2 Å². The number of benzene rings is 2. The standard InChI is InChI=1S/C18H13F2NO/c19-15-8-4-13(5-9-15)18(14-6-10-16(20)11-7-14)21-12-2-1-3-17(21)22/h1-12,18H. The Hall–Kier alpha value is -2.75. The molecule has 0 saturated heterocycles. The van der Waals surface area contributed by atoms with Gasteiger partial charge in [0.05, 0.1) is 6.04 Å². The maximum atomic E-state index is 13.2. The van der Waals surface area contributed by atoms with Crippen LogP contribution in [0.4, 0.5) is 8.78 Å². The summed E-state index contributed by atoms with van der Waals surface area (Å²) in [6, 6.07) is 16.3. The number of hydrogen-bond acceptors (Lipinski definition) is 1. The molecule has 2 aromatic carbocycles. The summed E-state index contributed by atoms with van der Waals surface area (Å²) in [4.78, 5) is 12.2. The lowest BCUT2D eigenvalue weighted by atomic mass is 9.98. The zero-order valence-corrected chi connectivity index (χ0v) is 11.6. The van der Waals surface area contributed by atoms with E-state index in [1.165, 1.54) is 30.3 Å². The molecule has 0 amide bonds. The fourth-order valence-corrected chi connectivity index (χ4v) is 2.46. The average Bonchev–Trinajstić information content (AvgIpc) is 2.53. The molecule has 4 heteroatoms. The van der Waals surface area contributed by atoms with E-state index in [9.17, 15) is 13.6 Å². The maximum Gasteiger partial charge on any atom is 0.251 e. The summed E-state index contributed by atoms with van der Waals surface area (Å²) >= 11 is 0. The molecule has 0 aliphatic heterocycles. The van der Waals surface area contributed by atoms with Gasteiger partial charge in [0.15, 0.2) is 0 Å². The van der Waals surface area contributed by atoms with Crippen molar-refractivity contribution in [3.8, 4) is 0 Å². The van der Waals surface area contributed by atoms with Crippen LogP contribution in [0.1, 0.15) is 17.2 Å². The third-order valence-electron chi connectivity index (χ3n) is 3.50. The van der Waals surface area contributed by atoms with Crippen molar-refractivity contribution in [1.82, 2.24) is 4.57 Å². The minimum absolute atomic E-state index is 0.179. The van der Waals surface area contributed by atoms with Crippen LogP contribution in [-0.4, -0.2) is 4.57 Å². The fraction of sp³-hybridized carbons (Fsp3) is 0.0556. The molecule has 2 nitrogen and oxygen atoms in total. The molecule has 0 atom stereocenters. The molecule has 0 aliphatic rings. The Bertz CT molecular complexity index is 777. The molecule has 0 saturated carbocycles. The van der Waals surface area contributed by atoms with Gasteiger partial charge in [-0.25, -0.2) is 8.78 Å². The van der Waals surface area contributed by atoms with E-state index in [0.717, 1.165) is 11.1 Å². The number of rotatable bonds is 3. The van der Waals surface area contributed by atoms with E-state index in [1.54, 1.807) is 47.2 Å². The SMILES string of the molecule is O=c1ccccn1C(c1ccc(F)cc1)c1ccc(F)cc1. The minimum Gasteiger partial charge on any atom is -0.304 e. The first kappa shape index (κ1) is 14.2. The minimum atomic E-state index is -0.435. The summed E-state index contributed by atoms with van der Waals surface area (Å²) in [5, 5.41) is 0. The summed E-state index contributed by atoms with van der Waals surface area (Å²) < 4.78 is 27.9. The fourth-order valence-electron chi connectivity index (χ4n) is 2.46. The van der Waals surface area contributed by atoms with Gasteiger partial charge in [0.1, 0.15) is 11.6 Å². The van der Waals surface area contributed by atoms with Crippen molar-refractivity contribution in [2.45, 2.75) is 6.04 Å². The lowest BCUT2D eigenvalue weighted by molar-refractivity contribution is 0.613. The van der Waals surface area contributed by atoms with Crippen molar-refractivity contribution in [3.63, 3.8) is 0 Å². The molecule has 0 fully saturated rings. The van der Waals surface area contributed by atoms with Crippen LogP contribution >= 0.6 is 0 Å². The lowest BCUT2D eigenvalue weighted by Gasteiger charge is -2.21. The molecule has 0 bridgehead atoms. The highest BCUT2D eigenvalue weighted by atomic mass is 19.1. The predicted molar refractivity (Wildman–Crippen MR) is 80.7 cm³/mol. The quantitative estimate of drug-likeness (QED) is 0.721. The number of hydrogen-bond donors (Lipinski definition) is 0. The van der Waals surface area contributed by atoms with Gasteiger partial charge in [-0.3, -0.25) is 4.79 Å². The van der Waals surface area contributed by atoms with Crippen LogP contribution in [0, 0.1) is 11.6 Å². The van der Waals surface area contributed by atoms with Crippen LogP contribution in [0.25, 0.3) is 0 Å². The van der Waals surface area contributed by atoms with Crippen LogP contribution in [0.2, 0.25) is 0 Å². The second-order valence-corrected chi connectivity index (χ2v) is 4.95. The maximum absolute atomic E-state index is 13.2. The van der Waals surface area contributed by atoms with Crippen LogP contribution in [0.3, 0.4) is 0 Å². The Morgan fingerprint density at radius 2 is 1.23 bits per heavy atom. The summed E-state index contributed by atoms with van der Waals surface area (Å²) in [7, 11) is 0. The molecule has 1 aromatic heterocycles. The van der Waals surface area contributed by atoms with Crippen molar-refractivity contribution in [2.75, 3.05) is 0 Å². The van der Waals surface area contributed by atoms with E-state index in [2.05, 4.69) is 0 Å². The molecule has 0 aliphatic carbocycles. The van der Waals surface area contributed by atoms with Crippen molar-refractivity contribution >= 4 is 0 Å². The molecule has 0 radical (unpaired) electrons. The summed E-state index contributed by atoms with van der Waals surface area (Å²) in [5.41, 5.74) is 1.32. The Morgan fingerprint density at radius 1 is 0.727 bits per heavy atom. The normalized spacial score (nSPS) is 10.9. The van der Waals surface area contributed by atoms with Crippen molar-refractivity contribution < 1.29 is 8.78 Å². The van der Waals surface area contributed by atoms with Crippen LogP contribution in [-0.2, 0) is 0 Å². The second-order valence-electron chi connectivity index (χ2n) is 4.95. The molecule has 1 heterocycles. The van der Waals surface area contributed by atoms with Gasteiger partial charge in [0.25, 0.3) is 5.56 Å². The molecule has 0 unspecified atom stereocenters. The van der Waals surface area contributed by atoms with Gasteiger partial charge >= 0.3 is 0 Å². The van der Waals surface area contributed by atoms with Crippen molar-refractivity contribution in [2.24, 2.45) is 0 Å².